The lowest BCUT2D eigenvalue weighted by Gasteiger charge is -2.30. The smallest absolute Gasteiger partial charge is 0.217 e. The number of nitrogens with one attached hydrogen (secondary N) is 2. The van der Waals surface area contributed by atoms with Gasteiger partial charge in [0.1, 0.15) is 5.82 Å². The zero-order valence-corrected chi connectivity index (χ0v) is 14.4. The summed E-state index contributed by atoms with van der Waals surface area (Å²) >= 11 is 0. The second-order valence-corrected chi connectivity index (χ2v) is 7.23. The van der Waals surface area contributed by atoms with Gasteiger partial charge < -0.3 is 15.5 Å². The Morgan fingerprint density at radius 3 is 2.46 bits per heavy atom. The van der Waals surface area contributed by atoms with Crippen molar-refractivity contribution >= 4 is 11.6 Å². The molecule has 1 heterocycles. The molecule has 0 radical (unpaired) electrons. The fraction of sp³-hybridized carbons (Fsp3) is 0.632. The number of hydrogen-bond donors (Lipinski definition) is 2. The number of hydrogen-bond acceptors (Lipinski definition) is 3. The Balaban J connectivity index is 1.38. The first kappa shape index (κ1) is 17.2. The van der Waals surface area contributed by atoms with Gasteiger partial charge in [-0.3, -0.25) is 4.79 Å². The van der Waals surface area contributed by atoms with Crippen molar-refractivity contribution in [3.63, 3.8) is 0 Å². The molecule has 3 rings (SSSR count). The molecule has 132 valence electrons. The van der Waals surface area contributed by atoms with Crippen LogP contribution in [0.4, 0.5) is 10.1 Å². The molecule has 1 amide bonds. The van der Waals surface area contributed by atoms with E-state index in [-0.39, 0.29) is 11.7 Å². The van der Waals surface area contributed by atoms with E-state index in [9.17, 15) is 9.18 Å². The average molecular weight is 333 g/mol. The summed E-state index contributed by atoms with van der Waals surface area (Å²) < 4.78 is 13.0. The van der Waals surface area contributed by atoms with Crippen molar-refractivity contribution < 1.29 is 9.18 Å². The minimum Gasteiger partial charge on any atom is -0.371 e. The minimum atomic E-state index is -0.175. The number of carbonyl (C=O) groups excluding carboxylic acids is 1. The number of halogens is 1. The van der Waals surface area contributed by atoms with E-state index < -0.39 is 0 Å². The summed E-state index contributed by atoms with van der Waals surface area (Å²) in [6.45, 7) is 4.73. The number of anilines is 1. The summed E-state index contributed by atoms with van der Waals surface area (Å²) in [5.41, 5.74) is 1.12. The Bertz CT molecular complexity index is 540. The van der Waals surface area contributed by atoms with Crippen LogP contribution in [0, 0.1) is 11.7 Å². The van der Waals surface area contributed by atoms with Crippen LogP contribution in [0.5, 0.6) is 0 Å². The van der Waals surface area contributed by atoms with Crippen molar-refractivity contribution in [1.82, 2.24) is 10.6 Å². The van der Waals surface area contributed by atoms with Gasteiger partial charge in [-0.25, -0.2) is 4.39 Å². The van der Waals surface area contributed by atoms with Crippen LogP contribution in [-0.2, 0) is 4.79 Å². The molecule has 2 N–H and O–H groups in total. The summed E-state index contributed by atoms with van der Waals surface area (Å²) in [7, 11) is 0. The summed E-state index contributed by atoms with van der Waals surface area (Å²) in [4.78, 5) is 13.5. The van der Waals surface area contributed by atoms with Crippen LogP contribution in [0.15, 0.2) is 24.3 Å². The zero-order chi connectivity index (χ0) is 16.9. The number of benzene rings is 1. The SMILES string of the molecule is CC(=O)NC1CCC(NC[C@H]2CCN(c3ccc(F)cc3)C2)CC1. The first-order chi connectivity index (χ1) is 11.6. The first-order valence-electron chi connectivity index (χ1n) is 9.11. The quantitative estimate of drug-likeness (QED) is 0.871. The molecule has 1 aromatic rings. The van der Waals surface area contributed by atoms with Gasteiger partial charge in [-0.1, -0.05) is 0 Å². The molecule has 24 heavy (non-hydrogen) atoms. The van der Waals surface area contributed by atoms with Crippen LogP contribution in [0.3, 0.4) is 0 Å². The second-order valence-electron chi connectivity index (χ2n) is 7.23. The van der Waals surface area contributed by atoms with Crippen molar-refractivity contribution in [2.45, 2.75) is 51.1 Å². The molecule has 1 saturated carbocycles. The Hall–Kier alpha value is -1.62. The summed E-state index contributed by atoms with van der Waals surface area (Å²) in [6.07, 6.45) is 5.61. The molecule has 0 bridgehead atoms. The maximum absolute atomic E-state index is 13.0. The van der Waals surface area contributed by atoms with E-state index in [0.29, 0.717) is 18.0 Å². The highest BCUT2D eigenvalue weighted by molar-refractivity contribution is 5.73. The van der Waals surface area contributed by atoms with Crippen molar-refractivity contribution in [3.8, 4) is 0 Å². The van der Waals surface area contributed by atoms with E-state index in [1.807, 2.05) is 12.1 Å². The van der Waals surface area contributed by atoms with Crippen LogP contribution in [0.2, 0.25) is 0 Å². The summed E-state index contributed by atoms with van der Waals surface area (Å²) in [5.74, 6) is 0.562. The van der Waals surface area contributed by atoms with Gasteiger partial charge in [-0.05, 0) is 68.8 Å². The first-order valence-corrected chi connectivity index (χ1v) is 9.11. The Labute approximate surface area is 143 Å². The van der Waals surface area contributed by atoms with Crippen molar-refractivity contribution in [2.75, 3.05) is 24.5 Å². The van der Waals surface area contributed by atoms with E-state index in [0.717, 1.165) is 51.0 Å². The van der Waals surface area contributed by atoms with Crippen LogP contribution < -0.4 is 15.5 Å². The Morgan fingerprint density at radius 1 is 1.12 bits per heavy atom. The summed E-state index contributed by atoms with van der Waals surface area (Å²) in [6, 6.07) is 7.75. The number of carbonyl (C=O) groups is 1. The van der Waals surface area contributed by atoms with Gasteiger partial charge >= 0.3 is 0 Å². The van der Waals surface area contributed by atoms with E-state index in [1.54, 1.807) is 6.92 Å². The maximum Gasteiger partial charge on any atom is 0.217 e. The summed E-state index contributed by atoms with van der Waals surface area (Å²) in [5, 5.41) is 6.75. The minimum absolute atomic E-state index is 0.0817. The highest BCUT2D eigenvalue weighted by Gasteiger charge is 2.25. The van der Waals surface area contributed by atoms with Gasteiger partial charge in [-0.15, -0.1) is 0 Å². The molecular weight excluding hydrogens is 305 g/mol. The Kier molecular flexibility index (Phi) is 5.72. The lowest BCUT2D eigenvalue weighted by atomic mass is 9.91. The van der Waals surface area contributed by atoms with Gasteiger partial charge in [0.2, 0.25) is 5.91 Å². The highest BCUT2D eigenvalue weighted by Crippen LogP contribution is 2.24. The van der Waals surface area contributed by atoms with Gasteiger partial charge in [0.25, 0.3) is 0 Å². The van der Waals surface area contributed by atoms with E-state index >= 15 is 0 Å². The predicted octanol–water partition coefficient (Wildman–Crippen LogP) is 2.69. The van der Waals surface area contributed by atoms with Crippen LogP contribution in [0.1, 0.15) is 39.0 Å². The number of amides is 1. The fourth-order valence-corrected chi connectivity index (χ4v) is 3.95. The number of rotatable bonds is 5. The third kappa shape index (κ3) is 4.69. The van der Waals surface area contributed by atoms with Gasteiger partial charge in [0.05, 0.1) is 0 Å². The molecule has 0 unspecified atom stereocenters. The lowest BCUT2D eigenvalue weighted by molar-refractivity contribution is -0.119. The Morgan fingerprint density at radius 2 is 1.79 bits per heavy atom. The predicted molar refractivity (Wildman–Crippen MR) is 94.6 cm³/mol. The van der Waals surface area contributed by atoms with Crippen molar-refractivity contribution in [1.29, 1.82) is 0 Å². The third-order valence-electron chi connectivity index (χ3n) is 5.31. The third-order valence-corrected chi connectivity index (χ3v) is 5.31. The molecule has 5 heteroatoms. The largest absolute Gasteiger partial charge is 0.371 e. The molecule has 1 aliphatic carbocycles. The van der Waals surface area contributed by atoms with Crippen LogP contribution >= 0.6 is 0 Å². The fourth-order valence-electron chi connectivity index (χ4n) is 3.95. The van der Waals surface area contributed by atoms with Crippen LogP contribution in [0.25, 0.3) is 0 Å². The molecule has 1 aromatic carbocycles. The lowest BCUT2D eigenvalue weighted by Crippen LogP contribution is -2.42. The maximum atomic E-state index is 13.0. The number of nitrogens with zero attached hydrogens (tertiary/aromatic N) is 1. The van der Waals surface area contributed by atoms with E-state index in [4.69, 9.17) is 0 Å². The van der Waals surface area contributed by atoms with E-state index in [2.05, 4.69) is 15.5 Å². The zero-order valence-electron chi connectivity index (χ0n) is 14.4. The standard InChI is InChI=1S/C19H28FN3O/c1-14(24)22-18-6-4-17(5-7-18)21-12-15-10-11-23(13-15)19-8-2-16(20)3-9-19/h2-3,8-9,15,17-18,21H,4-7,10-13H2,1H3,(H,22,24)/t15-,17?,18?/m1/s1. The topological polar surface area (TPSA) is 44.4 Å². The van der Waals surface area contributed by atoms with Crippen molar-refractivity contribution in [2.24, 2.45) is 5.92 Å². The molecule has 2 aliphatic rings. The average Bonchev–Trinajstić information content (AvgIpc) is 3.03. The molecular formula is C19H28FN3O. The molecule has 1 atom stereocenters. The molecule has 0 spiro atoms. The van der Waals surface area contributed by atoms with Gasteiger partial charge in [-0.2, -0.15) is 0 Å². The molecule has 1 saturated heterocycles. The van der Waals surface area contributed by atoms with Crippen molar-refractivity contribution in [3.05, 3.63) is 30.1 Å². The second kappa shape index (κ2) is 7.97. The molecule has 4 nitrogen and oxygen atoms in total. The monoisotopic (exact) mass is 333 g/mol. The van der Waals surface area contributed by atoms with E-state index in [1.165, 1.54) is 18.6 Å². The molecule has 0 aromatic heterocycles. The molecule has 2 fully saturated rings. The van der Waals surface area contributed by atoms with Crippen LogP contribution in [-0.4, -0.2) is 37.6 Å². The highest BCUT2D eigenvalue weighted by atomic mass is 19.1. The van der Waals surface area contributed by atoms with Gasteiger partial charge in [0, 0.05) is 37.8 Å². The molecule has 1 aliphatic heterocycles. The van der Waals surface area contributed by atoms with Gasteiger partial charge in [0.15, 0.2) is 0 Å². The normalized spacial score (nSPS) is 27.2.